The Morgan fingerprint density at radius 3 is 2.56 bits per heavy atom. The zero-order valence-electron chi connectivity index (χ0n) is 9.61. The molecule has 0 amide bonds. The predicted molar refractivity (Wildman–Crippen MR) is 65.1 cm³/mol. The van der Waals surface area contributed by atoms with Crippen LogP contribution in [-0.4, -0.2) is 14.8 Å². The van der Waals surface area contributed by atoms with Crippen molar-refractivity contribution in [1.82, 2.24) is 14.8 Å². The topological polar surface area (TPSA) is 30.7 Å². The minimum absolute atomic E-state index is 0.0283. The molecule has 2 aromatic heterocycles. The van der Waals surface area contributed by atoms with Gasteiger partial charge in [-0.1, -0.05) is 32.4 Å². The van der Waals surface area contributed by atoms with Gasteiger partial charge in [-0.05, 0) is 12.1 Å². The first-order chi connectivity index (χ1) is 7.48. The minimum Gasteiger partial charge on any atom is -0.237 e. The molecule has 0 saturated carbocycles. The van der Waals surface area contributed by atoms with Crippen molar-refractivity contribution >= 4 is 11.6 Å². The van der Waals surface area contributed by atoms with Gasteiger partial charge in [-0.2, -0.15) is 5.10 Å². The number of hydrogen-bond acceptors (Lipinski definition) is 2. The molecule has 0 fully saturated rings. The minimum atomic E-state index is 0.0283. The van der Waals surface area contributed by atoms with Crippen molar-refractivity contribution in [3.05, 3.63) is 41.3 Å². The second-order valence-electron chi connectivity index (χ2n) is 4.71. The smallest absolute Gasteiger partial charge is 0.155 e. The normalized spacial score (nSPS) is 11.8. The quantitative estimate of drug-likeness (QED) is 0.760. The van der Waals surface area contributed by atoms with Gasteiger partial charge in [-0.15, -0.1) is 0 Å². The van der Waals surface area contributed by atoms with Crippen LogP contribution in [0.25, 0.3) is 5.82 Å². The van der Waals surface area contributed by atoms with Crippen molar-refractivity contribution in [3.63, 3.8) is 0 Å². The van der Waals surface area contributed by atoms with Crippen LogP contribution in [0.5, 0.6) is 0 Å². The molecule has 2 heterocycles. The van der Waals surface area contributed by atoms with E-state index in [-0.39, 0.29) is 5.41 Å². The third kappa shape index (κ3) is 2.09. The van der Waals surface area contributed by atoms with Gasteiger partial charge in [0.05, 0.1) is 5.69 Å². The summed E-state index contributed by atoms with van der Waals surface area (Å²) in [5.74, 6) is 0.752. The molecule has 0 aliphatic heterocycles. The fourth-order valence-corrected chi connectivity index (χ4v) is 1.72. The summed E-state index contributed by atoms with van der Waals surface area (Å²) in [7, 11) is 0. The summed E-state index contributed by atoms with van der Waals surface area (Å²) in [4.78, 5) is 4.27. The lowest BCUT2D eigenvalue weighted by Gasteiger charge is -2.19. The van der Waals surface area contributed by atoms with Gasteiger partial charge < -0.3 is 0 Å². The van der Waals surface area contributed by atoms with E-state index in [0.717, 1.165) is 11.5 Å². The second kappa shape index (κ2) is 3.91. The number of nitrogens with zero attached hydrogens (tertiary/aromatic N) is 3. The van der Waals surface area contributed by atoms with Crippen LogP contribution in [-0.2, 0) is 5.41 Å². The molecule has 3 nitrogen and oxygen atoms in total. The Hall–Kier alpha value is -1.35. The molecule has 0 spiro atoms. The molecule has 2 rings (SSSR count). The van der Waals surface area contributed by atoms with Gasteiger partial charge in [-0.3, -0.25) is 0 Å². The highest BCUT2D eigenvalue weighted by molar-refractivity contribution is 6.30. The zero-order chi connectivity index (χ0) is 11.8. The number of hydrogen-bond donors (Lipinski definition) is 0. The Morgan fingerprint density at radius 1 is 1.19 bits per heavy atom. The number of aromatic nitrogens is 3. The third-order valence-electron chi connectivity index (χ3n) is 2.34. The van der Waals surface area contributed by atoms with E-state index in [1.165, 1.54) is 0 Å². The fraction of sp³-hybridized carbons (Fsp3) is 0.333. The first-order valence-corrected chi connectivity index (χ1v) is 5.53. The second-order valence-corrected chi connectivity index (χ2v) is 5.15. The maximum Gasteiger partial charge on any atom is 0.155 e. The van der Waals surface area contributed by atoms with Crippen molar-refractivity contribution < 1.29 is 0 Å². The number of rotatable bonds is 1. The SMILES string of the molecule is CC(C)(C)c1ccnn1-c1cc(Cl)ccn1. The highest BCUT2D eigenvalue weighted by Crippen LogP contribution is 2.24. The van der Waals surface area contributed by atoms with Crippen LogP contribution >= 0.6 is 11.6 Å². The monoisotopic (exact) mass is 235 g/mol. The van der Waals surface area contributed by atoms with Gasteiger partial charge in [0.1, 0.15) is 0 Å². The molecule has 0 aliphatic carbocycles. The third-order valence-corrected chi connectivity index (χ3v) is 2.57. The van der Waals surface area contributed by atoms with Gasteiger partial charge in [0.15, 0.2) is 5.82 Å². The molecule has 84 valence electrons. The van der Waals surface area contributed by atoms with Crippen LogP contribution in [0.2, 0.25) is 5.02 Å². The summed E-state index contributed by atoms with van der Waals surface area (Å²) < 4.78 is 1.83. The Morgan fingerprint density at radius 2 is 1.94 bits per heavy atom. The molecule has 0 N–H and O–H groups in total. The standard InChI is InChI=1S/C12H14ClN3/c1-12(2,3)10-5-7-15-16(10)11-8-9(13)4-6-14-11/h4-8H,1-3H3. The lowest BCUT2D eigenvalue weighted by molar-refractivity contribution is 0.541. The summed E-state index contributed by atoms with van der Waals surface area (Å²) in [5, 5.41) is 4.96. The lowest BCUT2D eigenvalue weighted by atomic mass is 9.92. The van der Waals surface area contributed by atoms with E-state index in [1.54, 1.807) is 18.5 Å². The molecule has 0 aromatic carbocycles. The van der Waals surface area contributed by atoms with Crippen LogP contribution in [0.15, 0.2) is 30.6 Å². The van der Waals surface area contributed by atoms with Crippen LogP contribution in [0.4, 0.5) is 0 Å². The molecule has 0 bridgehead atoms. The molecule has 0 radical (unpaired) electrons. The maximum absolute atomic E-state index is 5.95. The van der Waals surface area contributed by atoms with Crippen LogP contribution in [0.1, 0.15) is 26.5 Å². The van der Waals surface area contributed by atoms with Crippen molar-refractivity contribution in [2.24, 2.45) is 0 Å². The Bertz CT molecular complexity index is 497. The van der Waals surface area contributed by atoms with E-state index in [4.69, 9.17) is 11.6 Å². The zero-order valence-corrected chi connectivity index (χ0v) is 10.4. The molecular formula is C12H14ClN3. The van der Waals surface area contributed by atoms with Crippen LogP contribution < -0.4 is 0 Å². The van der Waals surface area contributed by atoms with Crippen molar-refractivity contribution in [2.75, 3.05) is 0 Å². The van der Waals surface area contributed by atoms with Gasteiger partial charge in [0.2, 0.25) is 0 Å². The molecule has 0 aliphatic rings. The van der Waals surface area contributed by atoms with E-state index in [1.807, 2.05) is 16.8 Å². The first kappa shape index (κ1) is 11.1. The van der Waals surface area contributed by atoms with Crippen molar-refractivity contribution in [2.45, 2.75) is 26.2 Å². The van der Waals surface area contributed by atoms with E-state index in [9.17, 15) is 0 Å². The average Bonchev–Trinajstić information content (AvgIpc) is 2.65. The molecule has 0 saturated heterocycles. The number of pyridine rings is 1. The Balaban J connectivity index is 2.53. The summed E-state index contributed by atoms with van der Waals surface area (Å²) in [6, 6.07) is 5.57. The summed E-state index contributed by atoms with van der Waals surface area (Å²) in [5.41, 5.74) is 1.14. The summed E-state index contributed by atoms with van der Waals surface area (Å²) >= 11 is 5.95. The lowest BCUT2D eigenvalue weighted by Crippen LogP contribution is -2.17. The molecular weight excluding hydrogens is 222 g/mol. The van der Waals surface area contributed by atoms with Gasteiger partial charge in [-0.25, -0.2) is 9.67 Å². The van der Waals surface area contributed by atoms with Crippen molar-refractivity contribution in [3.8, 4) is 5.82 Å². The summed E-state index contributed by atoms with van der Waals surface area (Å²) in [6.07, 6.45) is 3.47. The molecule has 0 unspecified atom stereocenters. The largest absolute Gasteiger partial charge is 0.237 e. The van der Waals surface area contributed by atoms with Crippen LogP contribution in [0.3, 0.4) is 0 Å². The number of halogens is 1. The Kier molecular flexibility index (Phi) is 2.72. The summed E-state index contributed by atoms with van der Waals surface area (Å²) in [6.45, 7) is 6.43. The van der Waals surface area contributed by atoms with Gasteiger partial charge >= 0.3 is 0 Å². The highest BCUT2D eigenvalue weighted by atomic mass is 35.5. The predicted octanol–water partition coefficient (Wildman–Crippen LogP) is 3.22. The van der Waals surface area contributed by atoms with E-state index < -0.39 is 0 Å². The Labute approximate surface area is 100 Å². The van der Waals surface area contributed by atoms with Crippen LogP contribution in [0, 0.1) is 0 Å². The fourth-order valence-electron chi connectivity index (χ4n) is 1.56. The highest BCUT2D eigenvalue weighted by Gasteiger charge is 2.19. The van der Waals surface area contributed by atoms with E-state index >= 15 is 0 Å². The molecule has 2 aromatic rings. The maximum atomic E-state index is 5.95. The average molecular weight is 236 g/mol. The van der Waals surface area contributed by atoms with Gasteiger partial charge in [0, 0.05) is 28.9 Å². The molecule has 16 heavy (non-hydrogen) atoms. The van der Waals surface area contributed by atoms with E-state index in [0.29, 0.717) is 5.02 Å². The van der Waals surface area contributed by atoms with Crippen molar-refractivity contribution in [1.29, 1.82) is 0 Å². The molecule has 0 atom stereocenters. The molecule has 4 heteroatoms. The van der Waals surface area contributed by atoms with Gasteiger partial charge in [0.25, 0.3) is 0 Å². The first-order valence-electron chi connectivity index (χ1n) is 5.15. The van der Waals surface area contributed by atoms with E-state index in [2.05, 4.69) is 30.9 Å².